The predicted octanol–water partition coefficient (Wildman–Crippen LogP) is 5.46. The lowest BCUT2D eigenvalue weighted by Crippen LogP contribution is -2.47. The Bertz CT molecular complexity index is 1020. The van der Waals surface area contributed by atoms with Gasteiger partial charge in [0.25, 0.3) is 5.91 Å². The number of ether oxygens (including phenoxy) is 1. The molecule has 1 aliphatic heterocycles. The van der Waals surface area contributed by atoms with E-state index in [1.807, 2.05) is 24.3 Å². The fraction of sp³-hybridized carbons (Fsp3) is 0.444. The molecule has 2 aromatic rings. The lowest BCUT2D eigenvalue weighted by molar-refractivity contribution is -0.130. The highest BCUT2D eigenvalue weighted by Gasteiger charge is 2.39. The van der Waals surface area contributed by atoms with E-state index >= 15 is 4.39 Å². The molecule has 1 amide bonds. The van der Waals surface area contributed by atoms with Crippen LogP contribution in [0.4, 0.5) is 10.1 Å². The molecule has 5 heteroatoms. The van der Waals surface area contributed by atoms with Gasteiger partial charge in [0, 0.05) is 23.3 Å². The van der Waals surface area contributed by atoms with Gasteiger partial charge in [-0.15, -0.1) is 6.42 Å². The zero-order valence-electron chi connectivity index (χ0n) is 18.9. The summed E-state index contributed by atoms with van der Waals surface area (Å²) in [6.07, 6.45) is 12.5. The number of hydrogen-bond acceptors (Lipinski definition) is 3. The smallest absolute Gasteiger partial charge is 0.299 e. The molecule has 0 spiro atoms. The largest absolute Gasteiger partial charge is 0.497 e. The summed E-state index contributed by atoms with van der Waals surface area (Å²) in [4.78, 5) is 14.7. The molecule has 0 unspecified atom stereocenters. The number of unbranched alkanes of at least 4 members (excludes halogenated alkanes) is 1. The average Bonchev–Trinajstić information content (AvgIpc) is 2.78. The van der Waals surface area contributed by atoms with Crippen LogP contribution in [0.3, 0.4) is 0 Å². The number of benzene rings is 2. The third kappa shape index (κ3) is 4.32. The van der Waals surface area contributed by atoms with E-state index in [0.29, 0.717) is 18.0 Å². The van der Waals surface area contributed by atoms with Crippen molar-refractivity contribution in [2.24, 2.45) is 0 Å². The number of carbonyl (C=O) groups is 1. The molecule has 2 atom stereocenters. The van der Waals surface area contributed by atoms with Crippen molar-refractivity contribution in [2.45, 2.75) is 70.0 Å². The summed E-state index contributed by atoms with van der Waals surface area (Å²) in [5, 5.41) is 3.40. The van der Waals surface area contributed by atoms with E-state index in [2.05, 4.69) is 18.2 Å². The number of amides is 1. The Hall–Kier alpha value is -3.00. The minimum absolute atomic E-state index is 0.0877. The second kappa shape index (κ2) is 9.65. The molecule has 168 valence electrons. The van der Waals surface area contributed by atoms with Crippen LogP contribution >= 0.6 is 0 Å². The molecule has 0 bridgehead atoms. The van der Waals surface area contributed by atoms with E-state index in [1.165, 1.54) is 6.42 Å². The first-order chi connectivity index (χ1) is 15.5. The molecule has 0 radical (unpaired) electrons. The molecule has 1 fully saturated rings. The van der Waals surface area contributed by atoms with E-state index in [4.69, 9.17) is 11.2 Å². The number of methoxy groups -OCH3 is 1. The molecule has 1 aliphatic carbocycles. The van der Waals surface area contributed by atoms with Crippen molar-refractivity contribution in [3.63, 3.8) is 0 Å². The maximum Gasteiger partial charge on any atom is 0.299 e. The summed E-state index contributed by atoms with van der Waals surface area (Å²) in [7, 11) is 1.64. The molecule has 32 heavy (non-hydrogen) atoms. The van der Waals surface area contributed by atoms with Crippen molar-refractivity contribution in [1.82, 2.24) is 4.90 Å². The van der Waals surface area contributed by atoms with Crippen molar-refractivity contribution in [1.29, 1.82) is 0 Å². The van der Waals surface area contributed by atoms with Crippen LogP contribution in [0.1, 0.15) is 68.2 Å². The molecule has 4 nitrogen and oxygen atoms in total. The molecular formula is C27H31FN2O2. The number of anilines is 1. The molecule has 0 saturated heterocycles. The predicted molar refractivity (Wildman–Crippen MR) is 125 cm³/mol. The van der Waals surface area contributed by atoms with Crippen molar-refractivity contribution in [3.05, 3.63) is 58.9 Å². The van der Waals surface area contributed by atoms with Gasteiger partial charge in [-0.2, -0.15) is 0 Å². The fourth-order valence-electron chi connectivity index (χ4n) is 4.85. The van der Waals surface area contributed by atoms with Crippen LogP contribution in [0.25, 0.3) is 0 Å². The van der Waals surface area contributed by atoms with Crippen molar-refractivity contribution in [3.8, 4) is 18.1 Å². The maximum absolute atomic E-state index is 15.5. The first kappa shape index (κ1) is 22.2. The Morgan fingerprint density at radius 2 is 2.03 bits per heavy atom. The summed E-state index contributed by atoms with van der Waals surface area (Å²) in [5.41, 5.74) is 3.23. The number of nitrogens with one attached hydrogen (secondary N) is 1. The molecule has 2 aliphatic rings. The molecule has 4 rings (SSSR count). The van der Waals surface area contributed by atoms with Gasteiger partial charge in [-0.25, -0.2) is 4.39 Å². The lowest BCUT2D eigenvalue weighted by Gasteiger charge is -2.43. The Morgan fingerprint density at radius 3 is 2.66 bits per heavy atom. The van der Waals surface area contributed by atoms with E-state index in [1.54, 1.807) is 24.1 Å². The minimum atomic E-state index is -0.562. The first-order valence-corrected chi connectivity index (χ1v) is 11.6. The third-order valence-corrected chi connectivity index (χ3v) is 6.79. The highest BCUT2D eigenvalue weighted by molar-refractivity contribution is 5.94. The molecule has 1 heterocycles. The number of carbonyl (C=O) groups excluding carboxylic acids is 1. The lowest BCUT2D eigenvalue weighted by atomic mass is 9.82. The minimum Gasteiger partial charge on any atom is -0.497 e. The molecule has 0 aromatic heterocycles. The van der Waals surface area contributed by atoms with Crippen LogP contribution in [0, 0.1) is 18.2 Å². The number of terminal acetylenes is 1. The second-order valence-corrected chi connectivity index (χ2v) is 8.83. The van der Waals surface area contributed by atoms with Gasteiger partial charge in [-0.05, 0) is 73.4 Å². The van der Waals surface area contributed by atoms with Gasteiger partial charge in [-0.1, -0.05) is 31.9 Å². The number of rotatable bonds is 7. The number of fused-ring (bicyclic) bond motifs is 1. The fourth-order valence-corrected chi connectivity index (χ4v) is 4.85. The van der Waals surface area contributed by atoms with Gasteiger partial charge in [0.2, 0.25) is 0 Å². The monoisotopic (exact) mass is 434 g/mol. The standard InChI is InChI=1S/C27H31FN2O2/c1-4-6-10-21-15-18-16-22(32-3)12-14-23(18)27(30(21)26(31)5-2)24-13-11-20(17-25(24)28)29-19-8-7-9-19/h2,11-14,16-17,19,21,27,29H,4,6-10,15H2,1,3H3/t21-,27+/m0/s1. The van der Waals surface area contributed by atoms with Crippen molar-refractivity contribution in [2.75, 3.05) is 12.4 Å². The zero-order valence-corrected chi connectivity index (χ0v) is 18.9. The van der Waals surface area contributed by atoms with E-state index in [-0.39, 0.29) is 11.9 Å². The van der Waals surface area contributed by atoms with Crippen LogP contribution in [0.5, 0.6) is 5.75 Å². The SMILES string of the molecule is C#CC(=O)N1[C@@H](CCCC)Cc2cc(OC)ccc2[C@@H]1c1ccc(NC2CCC2)cc1F. The van der Waals surface area contributed by atoms with E-state index in [0.717, 1.165) is 54.7 Å². The Balaban J connectivity index is 1.78. The Kier molecular flexibility index (Phi) is 6.69. The summed E-state index contributed by atoms with van der Waals surface area (Å²) in [6.45, 7) is 2.12. The van der Waals surface area contributed by atoms with Crippen molar-refractivity contribution < 1.29 is 13.9 Å². The Morgan fingerprint density at radius 1 is 1.25 bits per heavy atom. The third-order valence-electron chi connectivity index (χ3n) is 6.79. The van der Waals surface area contributed by atoms with Gasteiger partial charge in [0.1, 0.15) is 11.6 Å². The quantitative estimate of drug-likeness (QED) is 0.588. The highest BCUT2D eigenvalue weighted by atomic mass is 19.1. The van der Waals surface area contributed by atoms with Gasteiger partial charge < -0.3 is 15.0 Å². The van der Waals surface area contributed by atoms with Gasteiger partial charge in [-0.3, -0.25) is 4.79 Å². The second-order valence-electron chi connectivity index (χ2n) is 8.83. The van der Waals surface area contributed by atoms with Crippen LogP contribution in [-0.2, 0) is 11.2 Å². The average molecular weight is 435 g/mol. The summed E-state index contributed by atoms with van der Waals surface area (Å²) in [6, 6.07) is 10.8. The number of hydrogen-bond donors (Lipinski definition) is 1. The normalized spacial score (nSPS) is 20.1. The van der Waals surface area contributed by atoms with Crippen LogP contribution in [0.2, 0.25) is 0 Å². The number of halogens is 1. The van der Waals surface area contributed by atoms with Gasteiger partial charge >= 0.3 is 0 Å². The zero-order chi connectivity index (χ0) is 22.7. The Labute approximate surface area is 190 Å². The first-order valence-electron chi connectivity index (χ1n) is 11.6. The topological polar surface area (TPSA) is 41.6 Å². The molecule has 1 saturated carbocycles. The summed E-state index contributed by atoms with van der Waals surface area (Å²) < 4.78 is 20.9. The highest BCUT2D eigenvalue weighted by Crippen LogP contribution is 2.42. The summed E-state index contributed by atoms with van der Waals surface area (Å²) in [5.74, 6) is 2.33. The van der Waals surface area contributed by atoms with Crippen LogP contribution < -0.4 is 10.1 Å². The van der Waals surface area contributed by atoms with Gasteiger partial charge in [0.05, 0.1) is 13.2 Å². The van der Waals surface area contributed by atoms with E-state index < -0.39 is 11.9 Å². The van der Waals surface area contributed by atoms with Crippen LogP contribution in [-0.4, -0.2) is 30.0 Å². The molecule has 2 aromatic carbocycles. The van der Waals surface area contributed by atoms with E-state index in [9.17, 15) is 4.79 Å². The summed E-state index contributed by atoms with van der Waals surface area (Å²) >= 11 is 0. The van der Waals surface area contributed by atoms with Gasteiger partial charge in [0.15, 0.2) is 0 Å². The van der Waals surface area contributed by atoms with Crippen molar-refractivity contribution >= 4 is 11.6 Å². The number of nitrogens with zero attached hydrogens (tertiary/aromatic N) is 1. The molecular weight excluding hydrogens is 403 g/mol. The molecule has 1 N–H and O–H groups in total. The maximum atomic E-state index is 15.5. The van der Waals surface area contributed by atoms with Crippen LogP contribution in [0.15, 0.2) is 36.4 Å².